The van der Waals surface area contributed by atoms with Gasteiger partial charge in [0.2, 0.25) is 11.8 Å². The third-order valence-corrected chi connectivity index (χ3v) is 5.01. The highest BCUT2D eigenvalue weighted by Gasteiger charge is 2.29. The summed E-state index contributed by atoms with van der Waals surface area (Å²) in [5.41, 5.74) is 1.34. The first-order valence-electron chi connectivity index (χ1n) is 9.68. The first kappa shape index (κ1) is 20.6. The molecule has 2 aromatic rings. The van der Waals surface area contributed by atoms with Gasteiger partial charge in [0, 0.05) is 37.5 Å². The molecule has 2 N–H and O–H groups in total. The van der Waals surface area contributed by atoms with E-state index in [1.807, 2.05) is 10.8 Å². The zero-order valence-electron chi connectivity index (χ0n) is 17.0. The summed E-state index contributed by atoms with van der Waals surface area (Å²) in [5.74, 6) is -0.273. The van der Waals surface area contributed by atoms with Gasteiger partial charge in [0.1, 0.15) is 0 Å². The maximum absolute atomic E-state index is 12.5. The Morgan fingerprint density at radius 2 is 1.79 bits per heavy atom. The fourth-order valence-electron chi connectivity index (χ4n) is 3.14. The Bertz CT molecular complexity index is 853. The molecule has 0 bridgehead atoms. The van der Waals surface area contributed by atoms with Crippen LogP contribution in [0.2, 0.25) is 0 Å². The summed E-state index contributed by atoms with van der Waals surface area (Å²) >= 11 is 0. The average molecular weight is 397 g/mol. The first-order chi connectivity index (χ1) is 13.7. The van der Waals surface area contributed by atoms with Gasteiger partial charge >= 0.3 is 6.03 Å². The number of benzene rings is 1. The molecule has 1 atom stereocenters. The van der Waals surface area contributed by atoms with Crippen LogP contribution in [0.3, 0.4) is 0 Å². The normalized spacial score (nSPS) is 15.5. The van der Waals surface area contributed by atoms with Crippen LogP contribution in [0.4, 0.5) is 10.5 Å². The number of nitrogens with one attached hydrogen (secondary N) is 2. The van der Waals surface area contributed by atoms with Crippen LogP contribution in [-0.2, 0) is 22.7 Å². The number of likely N-dealkylation sites (tertiary alicyclic amines) is 1. The van der Waals surface area contributed by atoms with E-state index in [1.54, 1.807) is 36.8 Å². The highest BCUT2D eigenvalue weighted by Crippen LogP contribution is 2.21. The molecule has 1 unspecified atom stereocenters. The number of nitrogens with zero attached hydrogens (tertiary/aromatic N) is 3. The summed E-state index contributed by atoms with van der Waals surface area (Å²) < 4.78 is 1.94. The average Bonchev–Trinajstić information content (AvgIpc) is 3.27. The second kappa shape index (κ2) is 8.46. The van der Waals surface area contributed by atoms with Crippen molar-refractivity contribution in [3.8, 4) is 0 Å². The SMILES string of the molecule is CC(C)(C)C(Cn1ccnc1)NC(=O)Nc1ccc(CN2C(=O)CCC2=O)cc1. The number of carbonyl (C=O) groups is 3. The second-order valence-electron chi connectivity index (χ2n) is 8.35. The molecule has 3 rings (SSSR count). The van der Waals surface area contributed by atoms with Gasteiger partial charge in [-0.15, -0.1) is 0 Å². The van der Waals surface area contributed by atoms with E-state index >= 15 is 0 Å². The molecule has 1 aliphatic rings. The van der Waals surface area contributed by atoms with Gasteiger partial charge in [-0.3, -0.25) is 14.5 Å². The van der Waals surface area contributed by atoms with Crippen molar-refractivity contribution < 1.29 is 14.4 Å². The summed E-state index contributed by atoms with van der Waals surface area (Å²) in [7, 11) is 0. The monoisotopic (exact) mass is 397 g/mol. The summed E-state index contributed by atoms with van der Waals surface area (Å²) in [6, 6.07) is 6.76. The van der Waals surface area contributed by atoms with E-state index < -0.39 is 0 Å². The topological polar surface area (TPSA) is 96.3 Å². The van der Waals surface area contributed by atoms with Gasteiger partial charge in [0.05, 0.1) is 18.9 Å². The Labute approximate surface area is 170 Å². The van der Waals surface area contributed by atoms with Gasteiger partial charge in [-0.05, 0) is 23.1 Å². The number of carbonyl (C=O) groups excluding carboxylic acids is 3. The van der Waals surface area contributed by atoms with Crippen molar-refractivity contribution in [3.05, 3.63) is 48.5 Å². The minimum Gasteiger partial charge on any atom is -0.335 e. The lowest BCUT2D eigenvalue weighted by Crippen LogP contribution is -2.47. The standard InChI is InChI=1S/C21H27N5O3/c1-21(2,3)17(13-25-11-10-22-14-25)24-20(29)23-16-6-4-15(5-7-16)12-26-18(27)8-9-19(26)28/h4-7,10-11,14,17H,8-9,12-13H2,1-3H3,(H2,23,24,29). The van der Waals surface area contributed by atoms with Gasteiger partial charge in [0.25, 0.3) is 0 Å². The fraction of sp³-hybridized carbons (Fsp3) is 0.429. The fourth-order valence-corrected chi connectivity index (χ4v) is 3.14. The molecule has 0 spiro atoms. The molecule has 0 radical (unpaired) electrons. The molecule has 0 aliphatic carbocycles. The van der Waals surface area contributed by atoms with Gasteiger partial charge in [-0.2, -0.15) is 0 Å². The van der Waals surface area contributed by atoms with E-state index in [1.165, 1.54) is 4.90 Å². The van der Waals surface area contributed by atoms with Crippen molar-refractivity contribution in [2.75, 3.05) is 5.32 Å². The van der Waals surface area contributed by atoms with E-state index in [0.29, 0.717) is 12.2 Å². The molecule has 1 aliphatic heterocycles. The van der Waals surface area contributed by atoms with Crippen LogP contribution in [0.25, 0.3) is 0 Å². The Balaban J connectivity index is 1.58. The number of rotatable bonds is 6. The van der Waals surface area contributed by atoms with Crippen molar-refractivity contribution in [3.63, 3.8) is 0 Å². The molecule has 8 heteroatoms. The van der Waals surface area contributed by atoms with Crippen LogP contribution >= 0.6 is 0 Å². The molecule has 4 amide bonds. The largest absolute Gasteiger partial charge is 0.335 e. The van der Waals surface area contributed by atoms with Crippen molar-refractivity contribution in [2.24, 2.45) is 5.41 Å². The van der Waals surface area contributed by atoms with Crippen LogP contribution in [0.5, 0.6) is 0 Å². The van der Waals surface area contributed by atoms with Crippen molar-refractivity contribution in [2.45, 2.75) is 52.7 Å². The molecule has 1 aromatic heterocycles. The van der Waals surface area contributed by atoms with Gasteiger partial charge in [-0.25, -0.2) is 9.78 Å². The quantitative estimate of drug-likeness (QED) is 0.733. The number of hydrogen-bond donors (Lipinski definition) is 2. The maximum Gasteiger partial charge on any atom is 0.319 e. The summed E-state index contributed by atoms with van der Waals surface area (Å²) in [4.78, 5) is 41.3. The Morgan fingerprint density at radius 1 is 1.14 bits per heavy atom. The highest BCUT2D eigenvalue weighted by molar-refractivity contribution is 6.01. The van der Waals surface area contributed by atoms with E-state index in [-0.39, 0.29) is 48.7 Å². The van der Waals surface area contributed by atoms with Crippen molar-refractivity contribution in [1.29, 1.82) is 0 Å². The smallest absolute Gasteiger partial charge is 0.319 e. The molecule has 154 valence electrons. The van der Waals surface area contributed by atoms with Gasteiger partial charge < -0.3 is 15.2 Å². The lowest BCUT2D eigenvalue weighted by Gasteiger charge is -2.31. The maximum atomic E-state index is 12.5. The van der Waals surface area contributed by atoms with E-state index in [2.05, 4.69) is 36.4 Å². The number of imide groups is 1. The number of aromatic nitrogens is 2. The molecule has 0 saturated carbocycles. The molecular weight excluding hydrogens is 370 g/mol. The minimum absolute atomic E-state index is 0.0943. The van der Waals surface area contributed by atoms with E-state index in [9.17, 15) is 14.4 Å². The van der Waals surface area contributed by atoms with Crippen LogP contribution < -0.4 is 10.6 Å². The second-order valence-corrected chi connectivity index (χ2v) is 8.35. The predicted octanol–water partition coefficient (Wildman–Crippen LogP) is 2.77. The van der Waals surface area contributed by atoms with Crippen LogP contribution in [-0.4, -0.2) is 38.3 Å². The minimum atomic E-state index is -0.289. The van der Waals surface area contributed by atoms with Crippen molar-refractivity contribution in [1.82, 2.24) is 19.8 Å². The van der Waals surface area contributed by atoms with Gasteiger partial charge in [-0.1, -0.05) is 32.9 Å². The highest BCUT2D eigenvalue weighted by atomic mass is 16.2. The first-order valence-corrected chi connectivity index (χ1v) is 9.68. The molecule has 1 fully saturated rings. The van der Waals surface area contributed by atoms with Crippen LogP contribution in [0.15, 0.2) is 43.0 Å². The van der Waals surface area contributed by atoms with Crippen LogP contribution in [0.1, 0.15) is 39.2 Å². The Kier molecular flexibility index (Phi) is 6.00. The third-order valence-electron chi connectivity index (χ3n) is 5.01. The Morgan fingerprint density at radius 3 is 2.34 bits per heavy atom. The zero-order chi connectivity index (χ0) is 21.0. The van der Waals surface area contributed by atoms with Crippen LogP contribution in [0, 0.1) is 5.41 Å². The van der Waals surface area contributed by atoms with E-state index in [4.69, 9.17) is 0 Å². The number of amides is 4. The third kappa shape index (κ3) is 5.43. The number of anilines is 1. The molecule has 1 saturated heterocycles. The molecule has 29 heavy (non-hydrogen) atoms. The Hall–Kier alpha value is -3.16. The zero-order valence-corrected chi connectivity index (χ0v) is 17.0. The van der Waals surface area contributed by atoms with Gasteiger partial charge in [0.15, 0.2) is 0 Å². The summed E-state index contributed by atoms with van der Waals surface area (Å²) in [5, 5.41) is 5.87. The number of urea groups is 1. The number of imidazole rings is 1. The lowest BCUT2D eigenvalue weighted by atomic mass is 9.86. The van der Waals surface area contributed by atoms with E-state index in [0.717, 1.165) is 5.56 Å². The summed E-state index contributed by atoms with van der Waals surface area (Å²) in [6.07, 6.45) is 5.88. The molecule has 1 aromatic carbocycles. The van der Waals surface area contributed by atoms with Crippen molar-refractivity contribution >= 4 is 23.5 Å². The molecular formula is C21H27N5O3. The number of hydrogen-bond acceptors (Lipinski definition) is 4. The predicted molar refractivity (Wildman–Crippen MR) is 109 cm³/mol. The molecule has 2 heterocycles. The molecule has 8 nitrogen and oxygen atoms in total. The lowest BCUT2D eigenvalue weighted by molar-refractivity contribution is -0.139. The summed E-state index contributed by atoms with van der Waals surface area (Å²) in [6.45, 7) is 7.11.